The molecule has 0 radical (unpaired) electrons. The van der Waals surface area contributed by atoms with Crippen LogP contribution in [0.25, 0.3) is 5.57 Å². The van der Waals surface area contributed by atoms with Crippen LogP contribution in [0.15, 0.2) is 59.7 Å². The monoisotopic (exact) mass is 759 g/mol. The van der Waals surface area contributed by atoms with E-state index in [0.717, 1.165) is 57.4 Å². The Morgan fingerprint density at radius 1 is 0.839 bits per heavy atom. The summed E-state index contributed by atoms with van der Waals surface area (Å²) in [5.74, 6) is 2.90. The average molecular weight is 760 g/mol. The van der Waals surface area contributed by atoms with Gasteiger partial charge >= 0.3 is 0 Å². The number of aliphatic imine (C=N–C) groups is 1. The number of anilines is 1. The number of unbranched alkanes of at least 4 members (excludes halogenated alkanes) is 2. The predicted octanol–water partition coefficient (Wildman–Crippen LogP) is 7.53. The Hall–Kier alpha value is -5.03. The minimum absolute atomic E-state index is 0.0240. The van der Waals surface area contributed by atoms with E-state index in [9.17, 15) is 9.59 Å². The third-order valence-corrected chi connectivity index (χ3v) is 12.9. The molecule has 1 spiro atoms. The largest absolute Gasteiger partial charge is 0.493 e. The van der Waals surface area contributed by atoms with Crippen LogP contribution in [-0.4, -0.2) is 105 Å². The summed E-state index contributed by atoms with van der Waals surface area (Å²) in [7, 11) is 5.41. The molecule has 5 heterocycles. The van der Waals surface area contributed by atoms with E-state index in [1.165, 1.54) is 42.4 Å². The number of fused-ring (bicyclic) bond motifs is 4. The lowest BCUT2D eigenvalue weighted by Gasteiger charge is -2.29. The molecule has 2 saturated heterocycles. The first-order chi connectivity index (χ1) is 27.3. The van der Waals surface area contributed by atoms with Crippen LogP contribution in [0.2, 0.25) is 0 Å². The van der Waals surface area contributed by atoms with Gasteiger partial charge in [0.05, 0.1) is 62.0 Å². The molecule has 5 aliphatic heterocycles. The highest BCUT2D eigenvalue weighted by molar-refractivity contribution is 6.04. The number of hydrogen-bond acceptors (Lipinski definition) is 9. The number of likely N-dealkylation sites (tertiary alicyclic amines) is 1. The lowest BCUT2D eigenvalue weighted by molar-refractivity contribution is 0.0765. The number of hydrogen-bond donors (Lipinski definition) is 1. The van der Waals surface area contributed by atoms with Gasteiger partial charge in [0, 0.05) is 37.6 Å². The minimum atomic E-state index is -0.0332. The van der Waals surface area contributed by atoms with Crippen LogP contribution < -0.4 is 24.3 Å². The van der Waals surface area contributed by atoms with E-state index < -0.39 is 0 Å². The zero-order chi connectivity index (χ0) is 38.4. The Balaban J connectivity index is 0.775. The molecule has 2 amide bonds. The van der Waals surface area contributed by atoms with Crippen molar-refractivity contribution in [1.82, 2.24) is 14.7 Å². The van der Waals surface area contributed by atoms with Crippen molar-refractivity contribution in [3.05, 3.63) is 77.0 Å². The number of carbonyl (C=O) groups is 2. The van der Waals surface area contributed by atoms with Gasteiger partial charge in [-0.05, 0) is 118 Å². The molecule has 1 N–H and O–H groups in total. The number of ether oxygens (including phenoxy) is 4. The van der Waals surface area contributed by atoms with Crippen molar-refractivity contribution in [3.8, 4) is 23.0 Å². The molecule has 3 aromatic carbocycles. The Morgan fingerprint density at radius 3 is 2.23 bits per heavy atom. The molecule has 0 aromatic heterocycles. The van der Waals surface area contributed by atoms with E-state index in [4.69, 9.17) is 23.9 Å². The van der Waals surface area contributed by atoms with Gasteiger partial charge in [-0.2, -0.15) is 0 Å². The summed E-state index contributed by atoms with van der Waals surface area (Å²) in [6.45, 7) is 4.75. The van der Waals surface area contributed by atoms with Crippen molar-refractivity contribution in [1.29, 1.82) is 0 Å². The lowest BCUT2D eigenvalue weighted by Crippen LogP contribution is -2.35. The molecule has 3 fully saturated rings. The van der Waals surface area contributed by atoms with Gasteiger partial charge in [0.2, 0.25) is 0 Å². The Morgan fingerprint density at radius 2 is 1.54 bits per heavy atom. The molecule has 0 unspecified atom stereocenters. The SMILES string of the molecule is COc1cc2c(cc1OCCCCCOc1cc3c(cc1OC)C(=O)N1C=C(c4ccc(C5CCN(C)CC5)cc4)C[C@H]1CN3)N=C[C@@H]1CC3(CC3)CN1C2=O. The highest BCUT2D eigenvalue weighted by Gasteiger charge is 2.53. The number of methoxy groups -OCH3 is 2. The number of nitrogens with one attached hydrogen (secondary N) is 1. The number of amides is 2. The summed E-state index contributed by atoms with van der Waals surface area (Å²) >= 11 is 0. The molecule has 6 aliphatic rings. The van der Waals surface area contributed by atoms with Crippen molar-refractivity contribution >= 4 is 35.0 Å². The van der Waals surface area contributed by atoms with E-state index >= 15 is 0 Å². The fourth-order valence-electron chi connectivity index (χ4n) is 9.26. The van der Waals surface area contributed by atoms with Crippen molar-refractivity contribution in [2.75, 3.05) is 66.0 Å². The van der Waals surface area contributed by atoms with Crippen LogP contribution >= 0.6 is 0 Å². The molecular weight excluding hydrogens is 707 g/mol. The fraction of sp³-hybridized carbons (Fsp3) is 0.489. The highest BCUT2D eigenvalue weighted by atomic mass is 16.5. The van der Waals surface area contributed by atoms with Gasteiger partial charge < -0.3 is 39.0 Å². The van der Waals surface area contributed by atoms with E-state index in [0.29, 0.717) is 70.9 Å². The number of carbonyl (C=O) groups excluding carboxylic acids is 2. The molecule has 11 heteroatoms. The number of rotatable bonds is 12. The highest BCUT2D eigenvalue weighted by Crippen LogP contribution is 2.55. The Kier molecular flexibility index (Phi) is 9.89. The number of piperidine rings is 1. The van der Waals surface area contributed by atoms with Gasteiger partial charge in [0.1, 0.15) is 0 Å². The standard InChI is InChI=1S/C45H53N5O6/c1-48-15-11-31(12-16-48)29-7-9-30(10-8-29)32-19-33-25-46-37-22-41(39(53-2)20-35(37)43(51)49(33)27-32)55-17-5-4-6-18-56-42-23-38-36(21-40(42)54-3)44(52)50-28-45(13-14-45)24-34(50)26-47-38/h7-10,20-23,26-27,31,33-34,46H,4-6,11-19,24-25,28H2,1-3H3/t33-,34-/m0/s1. The summed E-state index contributed by atoms with van der Waals surface area (Å²) in [6.07, 6.45) is 13.1. The Labute approximate surface area is 329 Å². The normalized spacial score (nSPS) is 22.4. The molecule has 1 saturated carbocycles. The van der Waals surface area contributed by atoms with Crippen LogP contribution in [-0.2, 0) is 0 Å². The molecule has 11 nitrogen and oxygen atoms in total. The van der Waals surface area contributed by atoms with Gasteiger partial charge in [-0.3, -0.25) is 14.6 Å². The first kappa shape index (κ1) is 36.6. The summed E-state index contributed by atoms with van der Waals surface area (Å²) in [5, 5.41) is 3.54. The third-order valence-electron chi connectivity index (χ3n) is 12.9. The van der Waals surface area contributed by atoms with Gasteiger partial charge in [-0.25, -0.2) is 0 Å². The van der Waals surface area contributed by atoms with Crippen LogP contribution in [0, 0.1) is 5.41 Å². The van der Waals surface area contributed by atoms with Crippen molar-refractivity contribution in [3.63, 3.8) is 0 Å². The Bertz CT molecular complexity index is 2050. The van der Waals surface area contributed by atoms with Crippen LogP contribution in [0.1, 0.15) is 95.5 Å². The molecule has 3 aromatic rings. The van der Waals surface area contributed by atoms with Gasteiger partial charge in [-0.1, -0.05) is 24.3 Å². The smallest absolute Gasteiger partial charge is 0.260 e. The molecule has 56 heavy (non-hydrogen) atoms. The first-order valence-corrected chi connectivity index (χ1v) is 20.4. The van der Waals surface area contributed by atoms with E-state index in [1.54, 1.807) is 26.4 Å². The van der Waals surface area contributed by atoms with Gasteiger partial charge in [0.15, 0.2) is 23.0 Å². The fourth-order valence-corrected chi connectivity index (χ4v) is 9.26. The van der Waals surface area contributed by atoms with Crippen LogP contribution in [0.3, 0.4) is 0 Å². The second-order valence-corrected chi connectivity index (χ2v) is 16.6. The first-order valence-electron chi connectivity index (χ1n) is 20.4. The quantitative estimate of drug-likeness (QED) is 0.189. The number of nitrogens with zero attached hydrogens (tertiary/aromatic N) is 4. The van der Waals surface area contributed by atoms with E-state index in [2.05, 4.69) is 41.5 Å². The van der Waals surface area contributed by atoms with E-state index in [-0.39, 0.29) is 23.9 Å². The zero-order valence-corrected chi connectivity index (χ0v) is 32.9. The molecule has 9 rings (SSSR count). The van der Waals surface area contributed by atoms with Crippen molar-refractivity contribution < 1.29 is 28.5 Å². The molecule has 1 aliphatic carbocycles. The second-order valence-electron chi connectivity index (χ2n) is 16.6. The maximum atomic E-state index is 13.9. The number of benzene rings is 3. The zero-order valence-electron chi connectivity index (χ0n) is 32.9. The van der Waals surface area contributed by atoms with Crippen LogP contribution in [0.5, 0.6) is 23.0 Å². The second kappa shape index (κ2) is 15.1. The van der Waals surface area contributed by atoms with E-state index in [1.807, 2.05) is 34.3 Å². The van der Waals surface area contributed by atoms with Crippen molar-refractivity contribution in [2.45, 2.75) is 75.8 Å². The topological polar surface area (TPSA) is 105 Å². The lowest BCUT2D eigenvalue weighted by atomic mass is 9.88. The molecule has 0 bridgehead atoms. The predicted molar refractivity (Wildman–Crippen MR) is 217 cm³/mol. The van der Waals surface area contributed by atoms with Gasteiger partial charge in [-0.15, -0.1) is 0 Å². The molecule has 2 atom stereocenters. The van der Waals surface area contributed by atoms with Gasteiger partial charge in [0.25, 0.3) is 11.8 Å². The summed E-state index contributed by atoms with van der Waals surface area (Å²) in [5.41, 5.74) is 6.65. The molecule has 294 valence electrons. The maximum Gasteiger partial charge on any atom is 0.260 e. The summed E-state index contributed by atoms with van der Waals surface area (Å²) in [6, 6.07) is 16.4. The summed E-state index contributed by atoms with van der Waals surface area (Å²) < 4.78 is 23.7. The maximum absolute atomic E-state index is 13.9. The minimum Gasteiger partial charge on any atom is -0.493 e. The summed E-state index contributed by atoms with van der Waals surface area (Å²) in [4.78, 5) is 38.4. The van der Waals surface area contributed by atoms with Crippen molar-refractivity contribution in [2.24, 2.45) is 10.4 Å². The van der Waals surface area contributed by atoms with Crippen LogP contribution in [0.4, 0.5) is 11.4 Å². The molecular formula is C45H53N5O6. The third kappa shape index (κ3) is 7.10. The average Bonchev–Trinajstić information content (AvgIpc) is 3.75.